The molecule has 1 aromatic heterocycles. The van der Waals surface area contributed by atoms with E-state index in [0.717, 1.165) is 33.6 Å². The molecule has 1 heterocycles. The minimum atomic E-state index is -1.17. The first-order valence-electron chi connectivity index (χ1n) is 16.5. The van der Waals surface area contributed by atoms with E-state index < -0.39 is 18.1 Å². The van der Waals surface area contributed by atoms with Crippen molar-refractivity contribution in [2.24, 2.45) is 0 Å². The third-order valence-electron chi connectivity index (χ3n) is 8.01. The van der Waals surface area contributed by atoms with Gasteiger partial charge in [-0.25, -0.2) is 9.59 Å². The van der Waals surface area contributed by atoms with Gasteiger partial charge in [-0.05, 0) is 52.1 Å². The number of benzene rings is 3. The van der Waals surface area contributed by atoms with Gasteiger partial charge in [0, 0.05) is 18.9 Å². The first-order chi connectivity index (χ1) is 24.9. The molecule has 0 radical (unpaired) electrons. The van der Waals surface area contributed by atoms with Crippen molar-refractivity contribution in [2.75, 3.05) is 59.4 Å². The van der Waals surface area contributed by atoms with Crippen molar-refractivity contribution in [2.45, 2.75) is 18.4 Å². The summed E-state index contributed by atoms with van der Waals surface area (Å²) in [6.07, 6.45) is -0.710. The number of carboxylic acids is 1. The SMILES string of the molecule is N#Cc1ccc(C(=O)NCCOCCOCCOCCOc2ccc(C[C@H](NC(=O)OCC3c4ccccc4-c4ccccc43)C(=O)O)cc2)s1. The van der Waals surface area contributed by atoms with Crippen LogP contribution in [0.5, 0.6) is 5.75 Å². The second-order valence-electron chi connectivity index (χ2n) is 11.4. The van der Waals surface area contributed by atoms with E-state index in [1.165, 1.54) is 0 Å². The second-order valence-corrected chi connectivity index (χ2v) is 12.5. The molecule has 51 heavy (non-hydrogen) atoms. The van der Waals surface area contributed by atoms with E-state index in [1.807, 2.05) is 54.6 Å². The number of ether oxygens (including phenoxy) is 5. The van der Waals surface area contributed by atoms with Crippen LogP contribution in [0.25, 0.3) is 11.1 Å². The molecular weight excluding hydrogens is 674 g/mol. The number of amides is 2. The van der Waals surface area contributed by atoms with Crippen LogP contribution < -0.4 is 15.4 Å². The zero-order valence-corrected chi connectivity index (χ0v) is 28.7. The lowest BCUT2D eigenvalue weighted by Crippen LogP contribution is -2.42. The van der Waals surface area contributed by atoms with Crippen LogP contribution in [0.1, 0.15) is 37.2 Å². The summed E-state index contributed by atoms with van der Waals surface area (Å²) in [6, 6.07) is 27.1. The van der Waals surface area contributed by atoms with Crippen molar-refractivity contribution in [3.63, 3.8) is 0 Å². The average molecular weight is 714 g/mol. The quantitative estimate of drug-likeness (QED) is 0.106. The summed E-state index contributed by atoms with van der Waals surface area (Å²) in [5.74, 6) is -0.913. The van der Waals surface area contributed by atoms with E-state index in [2.05, 4.69) is 10.6 Å². The second kappa shape index (κ2) is 19.2. The number of fused-ring (bicyclic) bond motifs is 3. The van der Waals surface area contributed by atoms with Crippen molar-refractivity contribution in [3.05, 3.63) is 111 Å². The number of thiophene rings is 1. The summed E-state index contributed by atoms with van der Waals surface area (Å²) in [7, 11) is 0. The Morgan fingerprint density at radius 3 is 2.00 bits per heavy atom. The molecule has 12 nitrogen and oxygen atoms in total. The van der Waals surface area contributed by atoms with Gasteiger partial charge in [-0.15, -0.1) is 11.3 Å². The van der Waals surface area contributed by atoms with E-state index in [1.54, 1.807) is 36.4 Å². The Morgan fingerprint density at radius 1 is 0.784 bits per heavy atom. The molecule has 4 aromatic rings. The van der Waals surface area contributed by atoms with Crippen LogP contribution in [0.15, 0.2) is 84.9 Å². The fourth-order valence-electron chi connectivity index (χ4n) is 5.54. The predicted molar refractivity (Wildman–Crippen MR) is 189 cm³/mol. The molecule has 0 fully saturated rings. The summed E-state index contributed by atoms with van der Waals surface area (Å²) in [5, 5.41) is 23.8. The molecule has 13 heteroatoms. The van der Waals surface area contributed by atoms with Crippen molar-refractivity contribution < 1.29 is 43.2 Å². The normalized spacial score (nSPS) is 12.3. The topological polar surface area (TPSA) is 165 Å². The lowest BCUT2D eigenvalue weighted by molar-refractivity contribution is -0.139. The highest BCUT2D eigenvalue weighted by Gasteiger charge is 2.30. The van der Waals surface area contributed by atoms with Crippen LogP contribution in [0.4, 0.5) is 4.79 Å². The molecule has 1 atom stereocenters. The molecule has 0 spiro atoms. The number of hydrogen-bond acceptors (Lipinski definition) is 10. The Hall–Kier alpha value is -5.26. The summed E-state index contributed by atoms with van der Waals surface area (Å²) < 4.78 is 27.7. The zero-order valence-electron chi connectivity index (χ0n) is 27.9. The van der Waals surface area contributed by atoms with Gasteiger partial charge in [-0.1, -0.05) is 60.7 Å². The monoisotopic (exact) mass is 713 g/mol. The molecule has 0 aliphatic heterocycles. The largest absolute Gasteiger partial charge is 0.491 e. The maximum absolute atomic E-state index is 12.7. The van der Waals surface area contributed by atoms with E-state index in [9.17, 15) is 19.5 Å². The van der Waals surface area contributed by atoms with Gasteiger partial charge in [0.1, 0.15) is 36.0 Å². The summed E-state index contributed by atoms with van der Waals surface area (Å²) in [4.78, 5) is 37.6. The van der Waals surface area contributed by atoms with Gasteiger partial charge in [0.05, 0.1) is 44.5 Å². The van der Waals surface area contributed by atoms with Crippen LogP contribution in [0, 0.1) is 11.3 Å². The molecule has 3 N–H and O–H groups in total. The van der Waals surface area contributed by atoms with E-state index >= 15 is 0 Å². The van der Waals surface area contributed by atoms with Gasteiger partial charge in [-0.3, -0.25) is 4.79 Å². The molecule has 2 amide bonds. The van der Waals surface area contributed by atoms with Crippen LogP contribution in [-0.4, -0.2) is 88.5 Å². The van der Waals surface area contributed by atoms with E-state index in [0.29, 0.717) is 73.9 Å². The third-order valence-corrected chi connectivity index (χ3v) is 9.00. The lowest BCUT2D eigenvalue weighted by atomic mass is 9.98. The van der Waals surface area contributed by atoms with E-state index in [4.69, 9.17) is 28.9 Å². The molecule has 0 unspecified atom stereocenters. The van der Waals surface area contributed by atoms with Gasteiger partial charge in [0.25, 0.3) is 5.91 Å². The summed E-state index contributed by atoms with van der Waals surface area (Å²) in [6.45, 7) is 3.02. The third kappa shape index (κ3) is 10.9. The van der Waals surface area contributed by atoms with Crippen molar-refractivity contribution in [1.29, 1.82) is 5.26 Å². The van der Waals surface area contributed by atoms with Crippen molar-refractivity contribution in [3.8, 4) is 22.9 Å². The molecule has 1 aliphatic rings. The number of aliphatic carboxylic acids is 1. The highest BCUT2D eigenvalue weighted by atomic mass is 32.1. The number of rotatable bonds is 20. The highest BCUT2D eigenvalue weighted by Crippen LogP contribution is 2.44. The molecule has 266 valence electrons. The van der Waals surface area contributed by atoms with Crippen LogP contribution in [0.3, 0.4) is 0 Å². The summed E-state index contributed by atoms with van der Waals surface area (Å²) >= 11 is 1.15. The number of carboxylic acid groups (broad SMARTS) is 1. The molecule has 0 bridgehead atoms. The molecule has 0 saturated carbocycles. The predicted octanol–water partition coefficient (Wildman–Crippen LogP) is 5.01. The number of nitrogens with one attached hydrogen (secondary N) is 2. The van der Waals surface area contributed by atoms with Crippen molar-refractivity contribution in [1.82, 2.24) is 10.6 Å². The maximum Gasteiger partial charge on any atom is 0.407 e. The number of carbonyl (C=O) groups is 3. The number of carbonyl (C=O) groups excluding carboxylic acids is 2. The van der Waals surface area contributed by atoms with Gasteiger partial charge in [0.15, 0.2) is 0 Å². The molecular formula is C38H39N3O9S. The van der Waals surface area contributed by atoms with Crippen LogP contribution in [-0.2, 0) is 30.2 Å². The van der Waals surface area contributed by atoms with Gasteiger partial charge < -0.3 is 39.4 Å². The molecule has 3 aromatic carbocycles. The Bertz CT molecular complexity index is 1760. The van der Waals surface area contributed by atoms with Crippen molar-refractivity contribution >= 4 is 29.3 Å². The Kier molecular flexibility index (Phi) is 13.9. The summed E-state index contributed by atoms with van der Waals surface area (Å²) in [5.41, 5.74) is 5.09. The molecule has 0 saturated heterocycles. The van der Waals surface area contributed by atoms with Gasteiger partial charge in [-0.2, -0.15) is 5.26 Å². The fraction of sp³-hybridized carbons (Fsp3) is 0.316. The Labute approximate surface area is 299 Å². The van der Waals surface area contributed by atoms with Gasteiger partial charge in [0.2, 0.25) is 0 Å². The van der Waals surface area contributed by atoms with Crippen LogP contribution in [0.2, 0.25) is 0 Å². The van der Waals surface area contributed by atoms with Gasteiger partial charge >= 0.3 is 12.1 Å². The van der Waals surface area contributed by atoms with Crippen LogP contribution >= 0.6 is 11.3 Å². The minimum Gasteiger partial charge on any atom is -0.491 e. The number of hydrogen-bond donors (Lipinski definition) is 3. The minimum absolute atomic E-state index is 0.0744. The molecule has 5 rings (SSSR count). The molecule has 1 aliphatic carbocycles. The smallest absolute Gasteiger partial charge is 0.407 e. The first kappa shape index (κ1) is 37.0. The Morgan fingerprint density at radius 2 is 1.39 bits per heavy atom. The number of nitriles is 1. The average Bonchev–Trinajstić information content (AvgIpc) is 3.76. The lowest BCUT2D eigenvalue weighted by Gasteiger charge is -2.17. The number of alkyl carbamates (subject to hydrolysis) is 1. The Balaban J connectivity index is 0.906. The highest BCUT2D eigenvalue weighted by molar-refractivity contribution is 7.14. The maximum atomic E-state index is 12.7. The standard InChI is InChI=1S/C38H39N3O9S/c39-24-28-13-14-35(51-28)36(42)40-15-16-46-17-18-47-19-20-48-21-22-49-27-11-9-26(10-12-27)23-34(37(43)44)41-38(45)50-25-33-31-7-3-1-5-29(31)30-6-2-4-8-32(30)33/h1-14,33-34H,15-23,25H2,(H,40,42)(H,41,45)(H,43,44)/t34-/m0/s1. The van der Waals surface area contributed by atoms with E-state index in [-0.39, 0.29) is 24.9 Å². The fourth-order valence-corrected chi connectivity index (χ4v) is 6.26. The first-order valence-corrected chi connectivity index (χ1v) is 17.3. The number of nitrogens with zero attached hydrogens (tertiary/aromatic N) is 1. The zero-order chi connectivity index (χ0) is 35.8.